The Hall–Kier alpha value is -1.02. The second-order valence-electron chi connectivity index (χ2n) is 6.80. The number of carbonyl (C=O) groups is 1. The number of nitrogens with one attached hydrogen (secondary N) is 2. The molecule has 2 N–H and O–H groups in total. The van der Waals surface area contributed by atoms with Crippen molar-refractivity contribution in [3.63, 3.8) is 0 Å². The summed E-state index contributed by atoms with van der Waals surface area (Å²) < 4.78 is 42.6. The first-order chi connectivity index (χ1) is 10.8. The number of alkyl halides is 3. The van der Waals surface area contributed by atoms with E-state index in [1.807, 2.05) is 6.92 Å². The van der Waals surface area contributed by atoms with Crippen LogP contribution in [0.25, 0.3) is 0 Å². The first kappa shape index (κ1) is 18.3. The van der Waals surface area contributed by atoms with Crippen LogP contribution < -0.4 is 10.6 Å². The van der Waals surface area contributed by atoms with Gasteiger partial charge in [-0.15, -0.1) is 0 Å². The zero-order chi connectivity index (χ0) is 16.9. The highest BCUT2D eigenvalue weighted by atomic mass is 19.4. The third-order valence-electron chi connectivity index (χ3n) is 4.58. The molecule has 2 rings (SSSR count). The first-order valence-electron chi connectivity index (χ1n) is 8.21. The summed E-state index contributed by atoms with van der Waals surface area (Å²) in [5.74, 6) is 0.239. The van der Waals surface area contributed by atoms with Gasteiger partial charge in [0.05, 0.1) is 12.1 Å². The quantitative estimate of drug-likeness (QED) is 0.808. The summed E-state index contributed by atoms with van der Waals surface area (Å²) in [5.41, 5.74) is -0.278. The molecular formula is C15H26F3N3O2. The van der Waals surface area contributed by atoms with Crippen molar-refractivity contribution >= 4 is 6.03 Å². The Morgan fingerprint density at radius 3 is 2.57 bits per heavy atom. The van der Waals surface area contributed by atoms with Crippen molar-refractivity contribution in [3.05, 3.63) is 0 Å². The lowest BCUT2D eigenvalue weighted by Crippen LogP contribution is -2.47. The molecule has 2 amide bonds. The van der Waals surface area contributed by atoms with Crippen LogP contribution in [0.4, 0.5) is 18.0 Å². The van der Waals surface area contributed by atoms with Crippen molar-refractivity contribution in [2.24, 2.45) is 5.92 Å². The number of likely N-dealkylation sites (tertiary alicyclic amines) is 1. The number of amides is 2. The van der Waals surface area contributed by atoms with Crippen molar-refractivity contribution < 1.29 is 22.7 Å². The SMILES string of the molecule is CC1(CNC(=O)NCC2CCN(CC(F)(F)F)CC2)CCCO1. The fraction of sp³-hybridized carbons (Fsp3) is 0.933. The lowest BCUT2D eigenvalue weighted by Gasteiger charge is -2.32. The summed E-state index contributed by atoms with van der Waals surface area (Å²) >= 11 is 0. The molecule has 8 heteroatoms. The van der Waals surface area contributed by atoms with Gasteiger partial charge < -0.3 is 15.4 Å². The smallest absolute Gasteiger partial charge is 0.373 e. The minimum absolute atomic E-state index is 0.237. The third-order valence-corrected chi connectivity index (χ3v) is 4.58. The number of hydrogen-bond acceptors (Lipinski definition) is 3. The van der Waals surface area contributed by atoms with Crippen molar-refractivity contribution in [1.29, 1.82) is 0 Å². The number of ether oxygens (including phenoxy) is 1. The zero-order valence-electron chi connectivity index (χ0n) is 13.5. The number of piperidine rings is 1. The molecule has 0 aromatic carbocycles. The molecule has 2 aliphatic heterocycles. The summed E-state index contributed by atoms with van der Waals surface area (Å²) in [6.07, 6.45) is -0.834. The second-order valence-corrected chi connectivity index (χ2v) is 6.80. The molecular weight excluding hydrogens is 311 g/mol. The number of urea groups is 1. The Morgan fingerprint density at radius 2 is 2.00 bits per heavy atom. The molecule has 0 aliphatic carbocycles. The topological polar surface area (TPSA) is 53.6 Å². The van der Waals surface area contributed by atoms with E-state index >= 15 is 0 Å². The summed E-state index contributed by atoms with van der Waals surface area (Å²) in [5, 5.41) is 5.62. The van der Waals surface area contributed by atoms with Gasteiger partial charge >= 0.3 is 12.2 Å². The molecule has 0 aromatic heterocycles. The van der Waals surface area contributed by atoms with Gasteiger partial charge in [0, 0.05) is 19.7 Å². The van der Waals surface area contributed by atoms with Gasteiger partial charge in [0.15, 0.2) is 0 Å². The lowest BCUT2D eigenvalue weighted by molar-refractivity contribution is -0.148. The number of halogens is 3. The number of carbonyl (C=O) groups excluding carboxylic acids is 1. The fourth-order valence-electron chi connectivity index (χ4n) is 3.15. The average Bonchev–Trinajstić information content (AvgIpc) is 2.90. The predicted molar refractivity (Wildman–Crippen MR) is 80.2 cm³/mol. The van der Waals surface area contributed by atoms with Crippen LogP contribution in [-0.2, 0) is 4.74 Å². The predicted octanol–water partition coefficient (Wildman–Crippen LogP) is 2.13. The van der Waals surface area contributed by atoms with E-state index in [0.29, 0.717) is 39.0 Å². The first-order valence-corrected chi connectivity index (χ1v) is 8.21. The van der Waals surface area contributed by atoms with E-state index in [9.17, 15) is 18.0 Å². The second kappa shape index (κ2) is 7.70. The van der Waals surface area contributed by atoms with E-state index in [0.717, 1.165) is 19.4 Å². The minimum atomic E-state index is -4.14. The normalized spacial score (nSPS) is 27.1. The van der Waals surface area contributed by atoms with Crippen LogP contribution in [0.1, 0.15) is 32.6 Å². The van der Waals surface area contributed by atoms with E-state index in [4.69, 9.17) is 4.74 Å². The van der Waals surface area contributed by atoms with Gasteiger partial charge in [-0.1, -0.05) is 0 Å². The van der Waals surface area contributed by atoms with E-state index < -0.39 is 12.7 Å². The van der Waals surface area contributed by atoms with Crippen LogP contribution in [0.3, 0.4) is 0 Å². The highest BCUT2D eigenvalue weighted by Gasteiger charge is 2.33. The maximum atomic E-state index is 12.3. The molecule has 5 nitrogen and oxygen atoms in total. The molecule has 134 valence electrons. The van der Waals surface area contributed by atoms with Crippen LogP contribution >= 0.6 is 0 Å². The molecule has 0 radical (unpaired) electrons. The highest BCUT2D eigenvalue weighted by molar-refractivity contribution is 5.73. The molecule has 2 fully saturated rings. The molecule has 23 heavy (non-hydrogen) atoms. The molecule has 1 unspecified atom stereocenters. The third kappa shape index (κ3) is 6.55. The van der Waals surface area contributed by atoms with E-state index in [1.165, 1.54) is 4.90 Å². The van der Waals surface area contributed by atoms with Gasteiger partial charge in [-0.05, 0) is 51.6 Å². The number of nitrogens with zero attached hydrogens (tertiary/aromatic N) is 1. The average molecular weight is 337 g/mol. The Bertz CT molecular complexity index is 390. The van der Waals surface area contributed by atoms with Gasteiger partial charge in [0.2, 0.25) is 0 Å². The Morgan fingerprint density at radius 1 is 1.30 bits per heavy atom. The Balaban J connectivity index is 1.58. The monoisotopic (exact) mass is 337 g/mol. The Labute approximate surface area is 134 Å². The number of hydrogen-bond donors (Lipinski definition) is 2. The summed E-state index contributed by atoms with van der Waals surface area (Å²) in [4.78, 5) is 13.2. The maximum Gasteiger partial charge on any atom is 0.401 e. The summed E-state index contributed by atoms with van der Waals surface area (Å²) in [6.45, 7) is 3.71. The van der Waals surface area contributed by atoms with E-state index in [2.05, 4.69) is 10.6 Å². The van der Waals surface area contributed by atoms with Crippen molar-refractivity contribution in [1.82, 2.24) is 15.5 Å². The molecule has 0 bridgehead atoms. The molecule has 1 atom stereocenters. The summed E-state index contributed by atoms with van der Waals surface area (Å²) in [7, 11) is 0. The number of rotatable bonds is 5. The molecule has 2 aliphatic rings. The Kier molecular flexibility index (Phi) is 6.13. The molecule has 0 spiro atoms. The lowest BCUT2D eigenvalue weighted by atomic mass is 9.97. The minimum Gasteiger partial charge on any atom is -0.373 e. The molecule has 2 heterocycles. The summed E-state index contributed by atoms with van der Waals surface area (Å²) in [6, 6.07) is -0.237. The fourth-order valence-corrected chi connectivity index (χ4v) is 3.15. The van der Waals surface area contributed by atoms with Gasteiger partial charge in [-0.25, -0.2) is 4.79 Å². The standard InChI is InChI=1S/C15H26F3N3O2/c1-14(5-2-8-23-14)10-20-13(22)19-9-12-3-6-21(7-4-12)11-15(16,17)18/h12H,2-11H2,1H3,(H2,19,20,22). The van der Waals surface area contributed by atoms with Crippen LogP contribution in [0, 0.1) is 5.92 Å². The van der Waals surface area contributed by atoms with E-state index in [1.54, 1.807) is 0 Å². The van der Waals surface area contributed by atoms with Crippen LogP contribution in [0.15, 0.2) is 0 Å². The van der Waals surface area contributed by atoms with Crippen LogP contribution in [0.5, 0.6) is 0 Å². The van der Waals surface area contributed by atoms with Crippen LogP contribution in [-0.4, -0.2) is 62.0 Å². The van der Waals surface area contributed by atoms with Gasteiger partial charge in [-0.2, -0.15) is 13.2 Å². The van der Waals surface area contributed by atoms with Gasteiger partial charge in [-0.3, -0.25) is 4.90 Å². The largest absolute Gasteiger partial charge is 0.401 e. The van der Waals surface area contributed by atoms with Crippen LogP contribution in [0.2, 0.25) is 0 Å². The maximum absolute atomic E-state index is 12.3. The van der Waals surface area contributed by atoms with E-state index in [-0.39, 0.29) is 17.6 Å². The van der Waals surface area contributed by atoms with Gasteiger partial charge in [0.25, 0.3) is 0 Å². The van der Waals surface area contributed by atoms with Gasteiger partial charge in [0.1, 0.15) is 0 Å². The molecule has 0 saturated carbocycles. The van der Waals surface area contributed by atoms with Crippen molar-refractivity contribution in [2.75, 3.05) is 39.3 Å². The highest BCUT2D eigenvalue weighted by Crippen LogP contribution is 2.24. The van der Waals surface area contributed by atoms with Crippen molar-refractivity contribution in [3.8, 4) is 0 Å². The van der Waals surface area contributed by atoms with Crippen molar-refractivity contribution in [2.45, 2.75) is 44.4 Å². The molecule has 0 aromatic rings. The molecule has 2 saturated heterocycles. The zero-order valence-corrected chi connectivity index (χ0v) is 13.5.